The number of hydrogen-bond acceptors (Lipinski definition) is 4. The second-order valence-corrected chi connectivity index (χ2v) is 8.00. The van der Waals surface area contributed by atoms with E-state index in [0.717, 1.165) is 0 Å². The van der Waals surface area contributed by atoms with E-state index in [1.165, 1.54) is 24.3 Å². The van der Waals surface area contributed by atoms with Crippen molar-refractivity contribution in [1.29, 1.82) is 0 Å². The van der Waals surface area contributed by atoms with E-state index in [4.69, 9.17) is 27.7 Å². The summed E-state index contributed by atoms with van der Waals surface area (Å²) in [6, 6.07) is 5.74. The fourth-order valence-corrected chi connectivity index (χ4v) is 3.30. The maximum atomic E-state index is 12.3. The van der Waals surface area contributed by atoms with E-state index in [9.17, 15) is 8.42 Å². The van der Waals surface area contributed by atoms with Crippen molar-refractivity contribution in [2.45, 2.75) is 31.1 Å². The monoisotopic (exact) mass is 348 g/mol. The normalized spacial score (nSPS) is 12.4. The first-order valence-corrected chi connectivity index (χ1v) is 8.28. The molecule has 0 radical (unpaired) electrons. The molecule has 8 heteroatoms. The summed E-state index contributed by atoms with van der Waals surface area (Å²) in [5.74, 6) is 0.661. The molecule has 0 aliphatic rings. The Morgan fingerprint density at radius 3 is 2.43 bits per heavy atom. The van der Waals surface area contributed by atoms with Gasteiger partial charge < -0.3 is 4.52 Å². The summed E-state index contributed by atoms with van der Waals surface area (Å²) in [6.07, 6.45) is 0. The van der Waals surface area contributed by atoms with Crippen LogP contribution >= 0.6 is 23.2 Å². The molecule has 0 bridgehead atoms. The molecule has 0 aliphatic heterocycles. The molecule has 0 unspecified atom stereocenters. The van der Waals surface area contributed by atoms with E-state index in [1.54, 1.807) is 0 Å². The largest absolute Gasteiger partial charge is 0.359 e. The summed E-state index contributed by atoms with van der Waals surface area (Å²) < 4.78 is 32.0. The molecule has 1 aromatic heterocycles. The number of rotatable bonds is 3. The highest BCUT2D eigenvalue weighted by Crippen LogP contribution is 2.28. The molecule has 0 saturated heterocycles. The van der Waals surface area contributed by atoms with Crippen LogP contribution in [0.25, 0.3) is 0 Å². The Morgan fingerprint density at radius 2 is 1.86 bits per heavy atom. The first kappa shape index (κ1) is 16.1. The summed E-state index contributed by atoms with van der Waals surface area (Å²) >= 11 is 11.7. The van der Waals surface area contributed by atoms with Gasteiger partial charge in [0, 0.05) is 16.5 Å². The zero-order valence-electron chi connectivity index (χ0n) is 11.6. The zero-order chi connectivity index (χ0) is 15.8. The van der Waals surface area contributed by atoms with Gasteiger partial charge in [0.25, 0.3) is 10.0 Å². The summed E-state index contributed by atoms with van der Waals surface area (Å²) in [5.41, 5.74) is -0.273. The Bertz CT molecular complexity index is 764. The van der Waals surface area contributed by atoms with Gasteiger partial charge in [-0.25, -0.2) is 8.42 Å². The van der Waals surface area contributed by atoms with Crippen LogP contribution in [0.4, 0.5) is 5.82 Å². The molecule has 114 valence electrons. The first-order valence-electron chi connectivity index (χ1n) is 6.05. The van der Waals surface area contributed by atoms with Crippen LogP contribution in [-0.4, -0.2) is 13.6 Å². The van der Waals surface area contributed by atoms with E-state index in [0.29, 0.717) is 5.76 Å². The van der Waals surface area contributed by atoms with Gasteiger partial charge >= 0.3 is 0 Å². The number of anilines is 1. The molecule has 1 heterocycles. The highest BCUT2D eigenvalue weighted by atomic mass is 35.5. The second-order valence-electron chi connectivity index (χ2n) is 5.51. The highest BCUT2D eigenvalue weighted by Gasteiger charge is 2.23. The Hall–Kier alpha value is -1.24. The molecule has 1 aromatic carbocycles. The Morgan fingerprint density at radius 1 is 1.19 bits per heavy atom. The molecular formula is C13H14Cl2N2O3S. The molecule has 0 aliphatic carbocycles. The van der Waals surface area contributed by atoms with Gasteiger partial charge in [-0.3, -0.25) is 4.72 Å². The average Bonchev–Trinajstić information content (AvgIpc) is 2.79. The Kier molecular flexibility index (Phi) is 4.24. The van der Waals surface area contributed by atoms with Gasteiger partial charge in [-0.15, -0.1) is 0 Å². The third kappa shape index (κ3) is 3.70. The number of benzene rings is 1. The quantitative estimate of drug-likeness (QED) is 0.906. The van der Waals surface area contributed by atoms with Crippen LogP contribution in [0.5, 0.6) is 0 Å². The van der Waals surface area contributed by atoms with Crippen molar-refractivity contribution in [3.8, 4) is 0 Å². The van der Waals surface area contributed by atoms with Crippen LogP contribution < -0.4 is 4.72 Å². The molecule has 5 nitrogen and oxygen atoms in total. The van der Waals surface area contributed by atoms with Gasteiger partial charge in [0.1, 0.15) is 10.7 Å². The first-order chi connectivity index (χ1) is 9.59. The fraction of sp³-hybridized carbons (Fsp3) is 0.308. The van der Waals surface area contributed by atoms with Gasteiger partial charge in [0.05, 0.1) is 5.02 Å². The van der Waals surface area contributed by atoms with Crippen molar-refractivity contribution in [1.82, 2.24) is 5.16 Å². The van der Waals surface area contributed by atoms with Crippen molar-refractivity contribution in [2.75, 3.05) is 4.72 Å². The van der Waals surface area contributed by atoms with Crippen LogP contribution in [0.3, 0.4) is 0 Å². The lowest BCUT2D eigenvalue weighted by Gasteiger charge is -2.12. The van der Waals surface area contributed by atoms with Gasteiger partial charge in [0.2, 0.25) is 0 Å². The smallest absolute Gasteiger partial charge is 0.264 e. The fourth-order valence-electron chi connectivity index (χ4n) is 1.55. The minimum Gasteiger partial charge on any atom is -0.359 e. The molecule has 0 amide bonds. The minimum absolute atomic E-state index is 0.0754. The number of halogens is 2. The maximum absolute atomic E-state index is 12.3. The van der Waals surface area contributed by atoms with E-state index in [-0.39, 0.29) is 26.2 Å². The summed E-state index contributed by atoms with van der Waals surface area (Å²) in [6.45, 7) is 5.79. The highest BCUT2D eigenvalue weighted by molar-refractivity contribution is 7.92. The lowest BCUT2D eigenvalue weighted by molar-refractivity contribution is 0.331. The summed E-state index contributed by atoms with van der Waals surface area (Å²) in [4.78, 5) is -0.114. The number of sulfonamides is 1. The molecule has 21 heavy (non-hydrogen) atoms. The topological polar surface area (TPSA) is 72.2 Å². The van der Waals surface area contributed by atoms with E-state index < -0.39 is 10.0 Å². The van der Waals surface area contributed by atoms with Crippen molar-refractivity contribution in [2.24, 2.45) is 0 Å². The van der Waals surface area contributed by atoms with Crippen LogP contribution in [0.2, 0.25) is 10.0 Å². The third-order valence-electron chi connectivity index (χ3n) is 2.67. The van der Waals surface area contributed by atoms with Crippen LogP contribution in [0.1, 0.15) is 26.5 Å². The van der Waals surface area contributed by atoms with Crippen molar-refractivity contribution in [3.63, 3.8) is 0 Å². The average molecular weight is 349 g/mol. The van der Waals surface area contributed by atoms with Crippen LogP contribution in [-0.2, 0) is 15.4 Å². The van der Waals surface area contributed by atoms with Gasteiger partial charge in [0.15, 0.2) is 5.82 Å². The van der Waals surface area contributed by atoms with Gasteiger partial charge in [-0.05, 0) is 18.2 Å². The van der Waals surface area contributed by atoms with E-state index in [2.05, 4.69) is 9.88 Å². The third-order valence-corrected chi connectivity index (χ3v) is 4.74. The molecule has 0 atom stereocenters. The van der Waals surface area contributed by atoms with Gasteiger partial charge in [-0.1, -0.05) is 49.1 Å². The van der Waals surface area contributed by atoms with Crippen LogP contribution in [0, 0.1) is 0 Å². The lowest BCUT2D eigenvalue weighted by atomic mass is 9.93. The molecule has 0 spiro atoms. The van der Waals surface area contributed by atoms with E-state index in [1.807, 2.05) is 20.8 Å². The molecule has 2 rings (SSSR count). The van der Waals surface area contributed by atoms with Gasteiger partial charge in [-0.2, -0.15) is 0 Å². The predicted molar refractivity (Wildman–Crippen MR) is 82.5 cm³/mol. The van der Waals surface area contributed by atoms with Crippen LogP contribution in [0.15, 0.2) is 33.7 Å². The predicted octanol–water partition coefficient (Wildman–Crippen LogP) is 4.08. The molecule has 2 aromatic rings. The lowest BCUT2D eigenvalue weighted by Crippen LogP contribution is -2.14. The standard InChI is InChI=1S/C13H14Cl2N2O3S/c1-13(2,3)11-7-12(16-20-11)17-21(18,19)10-6-8(14)4-5-9(10)15/h4-7H,1-3H3,(H,16,17). The molecule has 1 N–H and O–H groups in total. The summed E-state index contributed by atoms with van der Waals surface area (Å²) in [5, 5.41) is 4.05. The SMILES string of the molecule is CC(C)(C)c1cc(NS(=O)(=O)c2cc(Cl)ccc2Cl)no1. The molecular weight excluding hydrogens is 335 g/mol. The van der Waals surface area contributed by atoms with Crippen molar-refractivity contribution < 1.29 is 12.9 Å². The molecule has 0 fully saturated rings. The van der Waals surface area contributed by atoms with Crippen molar-refractivity contribution >= 4 is 39.0 Å². The Balaban J connectivity index is 2.34. The van der Waals surface area contributed by atoms with E-state index >= 15 is 0 Å². The maximum Gasteiger partial charge on any atom is 0.264 e. The van der Waals surface area contributed by atoms with Crippen molar-refractivity contribution in [3.05, 3.63) is 40.1 Å². The Labute approximate surface area is 133 Å². The molecule has 0 saturated carbocycles. The number of nitrogens with zero attached hydrogens (tertiary/aromatic N) is 1. The number of hydrogen-bond donors (Lipinski definition) is 1. The summed E-state index contributed by atoms with van der Waals surface area (Å²) in [7, 11) is -3.89. The zero-order valence-corrected chi connectivity index (χ0v) is 14.0. The number of aromatic nitrogens is 1. The minimum atomic E-state index is -3.89. The second kappa shape index (κ2) is 5.51. The number of nitrogens with one attached hydrogen (secondary N) is 1.